The minimum Gasteiger partial charge on any atom is -0.310 e. The van der Waals surface area contributed by atoms with Crippen molar-refractivity contribution in [2.75, 3.05) is 4.90 Å². The number of H-pyrrole nitrogens is 1. The van der Waals surface area contributed by atoms with Gasteiger partial charge in [-0.25, -0.2) is 9.97 Å². The first-order valence-electron chi connectivity index (χ1n) is 28.2. The van der Waals surface area contributed by atoms with Crippen molar-refractivity contribution >= 4 is 17.1 Å². The molecule has 0 bridgehead atoms. The number of nitrogens with one attached hydrogen (secondary N) is 1. The quantitative estimate of drug-likeness (QED) is 0.124. The summed E-state index contributed by atoms with van der Waals surface area (Å²) in [6.45, 7) is 2.33. The van der Waals surface area contributed by atoms with Crippen molar-refractivity contribution in [1.82, 2.24) is 14.5 Å². The zero-order chi connectivity index (χ0) is 48.2. The standard InChI is InChI=1S/C67H73N5/c1-48-42-60(50-24-10-3-11-25-50)64(61(43-48)51-26-12-4-13-27-51)70-40-38-68-66(70)54-32-20-36-58(44-54)72(57-34-18-7-19-35-57)59-37-21-33-55(45-59)67-69-39-41-71(67)65-62(52-28-14-5-15-29-52)46-56(49-22-8-2-9-23-49)47-63(65)53-30-16-6-17-31-53/h2,7-9,18-23,32-47,50-53H,3-6,10-17,24-31H2,1H3/p+1. The molecule has 4 saturated carbocycles. The van der Waals surface area contributed by atoms with Gasteiger partial charge in [-0.05, 0) is 159 Å². The number of benzene rings is 6. The van der Waals surface area contributed by atoms with Crippen molar-refractivity contribution in [3.63, 3.8) is 0 Å². The van der Waals surface area contributed by atoms with Gasteiger partial charge in [0, 0.05) is 46.1 Å². The van der Waals surface area contributed by atoms with E-state index in [2.05, 4.69) is 178 Å². The Bertz CT molecular complexity index is 3000. The summed E-state index contributed by atoms with van der Waals surface area (Å²) in [6.07, 6.45) is 34.8. The summed E-state index contributed by atoms with van der Waals surface area (Å²) >= 11 is 0. The number of aryl methyl sites for hydroxylation is 1. The molecule has 4 aliphatic rings. The molecule has 6 aromatic carbocycles. The maximum Gasteiger partial charge on any atom is 0.291 e. The van der Waals surface area contributed by atoms with Crippen molar-refractivity contribution in [3.05, 3.63) is 186 Å². The normalized spacial score (nSPS) is 17.6. The first kappa shape index (κ1) is 46.6. The number of nitrogens with zero attached hydrogens (tertiary/aromatic N) is 4. The predicted octanol–water partition coefficient (Wildman–Crippen LogP) is 18.4. The number of anilines is 3. The molecule has 0 spiro atoms. The lowest BCUT2D eigenvalue weighted by atomic mass is 9.77. The third-order valence-corrected chi connectivity index (χ3v) is 17.3. The van der Waals surface area contributed by atoms with E-state index in [-0.39, 0.29) is 0 Å². The Morgan fingerprint density at radius 3 is 1.50 bits per heavy atom. The first-order chi connectivity index (χ1) is 35.6. The molecule has 2 aromatic heterocycles. The van der Waals surface area contributed by atoms with Crippen molar-refractivity contribution in [2.45, 2.75) is 159 Å². The van der Waals surface area contributed by atoms with Crippen LogP contribution in [0.4, 0.5) is 17.1 Å². The number of aromatic amines is 1. The molecule has 12 rings (SSSR count). The molecule has 4 fully saturated rings. The van der Waals surface area contributed by atoms with Gasteiger partial charge in [-0.1, -0.05) is 161 Å². The van der Waals surface area contributed by atoms with Crippen molar-refractivity contribution in [1.29, 1.82) is 0 Å². The van der Waals surface area contributed by atoms with Gasteiger partial charge in [-0.2, -0.15) is 4.57 Å². The Morgan fingerprint density at radius 1 is 0.472 bits per heavy atom. The van der Waals surface area contributed by atoms with Gasteiger partial charge in [0.25, 0.3) is 5.82 Å². The van der Waals surface area contributed by atoms with E-state index >= 15 is 0 Å². The van der Waals surface area contributed by atoms with Crippen molar-refractivity contribution < 1.29 is 4.57 Å². The van der Waals surface area contributed by atoms with Gasteiger partial charge in [-0.15, -0.1) is 0 Å². The van der Waals surface area contributed by atoms with Crippen LogP contribution in [0.15, 0.2) is 158 Å². The highest BCUT2D eigenvalue weighted by Gasteiger charge is 2.33. The van der Waals surface area contributed by atoms with E-state index in [0.717, 1.165) is 34.3 Å². The Balaban J connectivity index is 0.966. The lowest BCUT2D eigenvalue weighted by Crippen LogP contribution is -2.35. The Kier molecular flexibility index (Phi) is 13.8. The van der Waals surface area contributed by atoms with E-state index in [4.69, 9.17) is 4.98 Å². The molecule has 5 heteroatoms. The third kappa shape index (κ3) is 9.52. The Labute approximate surface area is 429 Å². The maximum atomic E-state index is 5.23. The highest BCUT2D eigenvalue weighted by Crippen LogP contribution is 2.47. The summed E-state index contributed by atoms with van der Waals surface area (Å²) in [5, 5.41) is 0. The van der Waals surface area contributed by atoms with E-state index in [1.807, 2.05) is 6.20 Å². The fraction of sp³-hybridized carbons (Fsp3) is 0.373. The van der Waals surface area contributed by atoms with E-state index in [0.29, 0.717) is 23.7 Å². The largest absolute Gasteiger partial charge is 0.310 e. The van der Waals surface area contributed by atoms with Gasteiger partial charge < -0.3 is 4.90 Å². The molecule has 0 atom stereocenters. The summed E-state index contributed by atoms with van der Waals surface area (Å²) in [7, 11) is 0. The summed E-state index contributed by atoms with van der Waals surface area (Å²) in [4.78, 5) is 11.5. The van der Waals surface area contributed by atoms with Crippen LogP contribution in [-0.4, -0.2) is 14.5 Å². The van der Waals surface area contributed by atoms with Gasteiger partial charge in [-0.3, -0.25) is 4.57 Å². The smallest absolute Gasteiger partial charge is 0.291 e. The summed E-state index contributed by atoms with van der Waals surface area (Å²) < 4.78 is 5.03. The summed E-state index contributed by atoms with van der Waals surface area (Å²) in [5.41, 5.74) is 18.7. The predicted molar refractivity (Wildman–Crippen MR) is 298 cm³/mol. The van der Waals surface area contributed by atoms with Crippen LogP contribution in [0, 0.1) is 6.92 Å². The van der Waals surface area contributed by atoms with Crippen LogP contribution in [0.2, 0.25) is 0 Å². The molecule has 0 unspecified atom stereocenters. The number of para-hydroxylation sites is 1. The average molecular weight is 949 g/mol. The van der Waals surface area contributed by atoms with Crippen LogP contribution < -0.4 is 9.47 Å². The van der Waals surface area contributed by atoms with Gasteiger partial charge in [0.2, 0.25) is 0 Å². The van der Waals surface area contributed by atoms with E-state index in [1.54, 1.807) is 11.1 Å². The lowest BCUT2D eigenvalue weighted by Gasteiger charge is -2.31. The van der Waals surface area contributed by atoms with Crippen LogP contribution in [0.5, 0.6) is 0 Å². The second kappa shape index (κ2) is 21.3. The molecule has 0 aliphatic heterocycles. The molecule has 0 amide bonds. The van der Waals surface area contributed by atoms with Crippen molar-refractivity contribution in [3.8, 4) is 45.3 Å². The molecule has 72 heavy (non-hydrogen) atoms. The number of aromatic nitrogens is 4. The lowest BCUT2D eigenvalue weighted by molar-refractivity contribution is -0.583. The molecule has 0 radical (unpaired) electrons. The topological polar surface area (TPSA) is 40.7 Å². The number of rotatable bonds is 12. The second-order valence-corrected chi connectivity index (χ2v) is 22.1. The zero-order valence-corrected chi connectivity index (χ0v) is 42.8. The minimum atomic E-state index is 0.543. The Hall–Kier alpha value is -6.46. The van der Waals surface area contributed by atoms with E-state index in [1.165, 1.54) is 173 Å². The monoisotopic (exact) mass is 949 g/mol. The summed E-state index contributed by atoms with van der Waals surface area (Å²) in [5.74, 6) is 4.40. The molecule has 4 aliphatic carbocycles. The van der Waals surface area contributed by atoms with Crippen LogP contribution in [0.25, 0.3) is 45.3 Å². The molecule has 2 heterocycles. The van der Waals surface area contributed by atoms with E-state index < -0.39 is 0 Å². The molecule has 0 saturated heterocycles. The van der Waals surface area contributed by atoms with Crippen LogP contribution in [0.1, 0.15) is 180 Å². The highest BCUT2D eigenvalue weighted by molar-refractivity contribution is 5.81. The number of hydrogen-bond acceptors (Lipinski definition) is 2. The van der Waals surface area contributed by atoms with Crippen LogP contribution in [-0.2, 0) is 0 Å². The molecular weight excluding hydrogens is 875 g/mol. The Morgan fingerprint density at radius 2 is 0.944 bits per heavy atom. The molecule has 8 aromatic rings. The highest BCUT2D eigenvalue weighted by atomic mass is 15.1. The summed E-state index contributed by atoms with van der Waals surface area (Å²) in [6, 6.07) is 50.7. The van der Waals surface area contributed by atoms with Gasteiger partial charge in [0.05, 0.1) is 11.3 Å². The zero-order valence-electron chi connectivity index (χ0n) is 42.8. The number of imidazole rings is 2. The number of hydrogen-bond donors (Lipinski definition) is 1. The minimum absolute atomic E-state index is 0.543. The molecular formula is C67H74N5+. The second-order valence-electron chi connectivity index (χ2n) is 22.1. The third-order valence-electron chi connectivity index (χ3n) is 17.3. The molecule has 5 nitrogen and oxygen atoms in total. The van der Waals surface area contributed by atoms with Gasteiger partial charge in [0.1, 0.15) is 23.9 Å². The SMILES string of the molecule is Cc1cc(C2CCCCC2)c(-n2ccnc2-c2cccc(N(c3ccccc3)c3cccc(-c4[nH]cc[n+]4-c4c(C5CCCCC5)cc(-c5ccccc5)cc4C4CCCCC4)c3)c2)c(C2CCCCC2)c1. The van der Waals surface area contributed by atoms with Crippen LogP contribution in [0.3, 0.4) is 0 Å². The van der Waals surface area contributed by atoms with Gasteiger partial charge >= 0.3 is 0 Å². The van der Waals surface area contributed by atoms with E-state index in [9.17, 15) is 0 Å². The fourth-order valence-electron chi connectivity index (χ4n) is 13.8. The van der Waals surface area contributed by atoms with Gasteiger partial charge in [0.15, 0.2) is 0 Å². The molecule has 366 valence electrons. The average Bonchev–Trinajstić information content (AvgIpc) is 4.16. The van der Waals surface area contributed by atoms with Crippen molar-refractivity contribution in [2.24, 2.45) is 0 Å². The fourth-order valence-corrected chi connectivity index (χ4v) is 13.8. The maximum absolute atomic E-state index is 5.23. The first-order valence-corrected chi connectivity index (χ1v) is 28.2. The molecule has 1 N–H and O–H groups in total. The van der Waals surface area contributed by atoms with Crippen LogP contribution >= 0.6 is 0 Å².